The molecule has 8 heteroatoms. The molecule has 0 fully saturated rings. The van der Waals surface area contributed by atoms with E-state index in [4.69, 9.17) is 31.5 Å². The van der Waals surface area contributed by atoms with Gasteiger partial charge in [-0.25, -0.2) is 4.39 Å². The molecule has 0 bridgehead atoms. The lowest BCUT2D eigenvalue weighted by atomic mass is 9.77. The summed E-state index contributed by atoms with van der Waals surface area (Å²) in [5, 5.41) is 9.98. The summed E-state index contributed by atoms with van der Waals surface area (Å²) in [5.41, 5.74) is 7.91. The quantitative estimate of drug-likeness (QED) is 0.691. The summed E-state index contributed by atoms with van der Waals surface area (Å²) < 4.78 is 30.1. The van der Waals surface area contributed by atoms with Crippen molar-refractivity contribution < 1.29 is 23.4 Å². The predicted octanol–water partition coefficient (Wildman–Crippen LogP) is 4.88. The van der Waals surface area contributed by atoms with E-state index in [2.05, 4.69) is 6.07 Å². The van der Waals surface area contributed by atoms with E-state index in [-0.39, 0.29) is 34.7 Å². The molecule has 32 heavy (non-hydrogen) atoms. The monoisotopic (exact) mass is 454 g/mol. The number of hydrogen-bond acceptors (Lipinski definition) is 6. The van der Waals surface area contributed by atoms with E-state index in [1.54, 1.807) is 24.3 Å². The Morgan fingerprint density at radius 1 is 1.28 bits per heavy atom. The third-order valence-electron chi connectivity index (χ3n) is 5.49. The van der Waals surface area contributed by atoms with Crippen LogP contribution in [0.15, 0.2) is 59.2 Å². The zero-order chi connectivity index (χ0) is 22.8. The van der Waals surface area contributed by atoms with Crippen molar-refractivity contribution in [3.63, 3.8) is 0 Å². The molecular formula is C24H20ClFN2O4. The molecule has 2 aromatic rings. The summed E-state index contributed by atoms with van der Waals surface area (Å²) in [6.07, 6.45) is 1.61. The summed E-state index contributed by atoms with van der Waals surface area (Å²) in [4.78, 5) is 12.7. The van der Waals surface area contributed by atoms with Crippen LogP contribution in [0.1, 0.15) is 36.3 Å². The maximum Gasteiger partial charge on any atom is 0.205 e. The maximum atomic E-state index is 13.1. The van der Waals surface area contributed by atoms with Gasteiger partial charge in [0.2, 0.25) is 5.88 Å². The number of rotatable bonds is 5. The molecule has 4 rings (SSSR count). The Balaban J connectivity index is 1.73. The lowest BCUT2D eigenvalue weighted by Crippen LogP contribution is -2.27. The van der Waals surface area contributed by atoms with E-state index in [1.165, 1.54) is 19.2 Å². The summed E-state index contributed by atoms with van der Waals surface area (Å²) in [6, 6.07) is 11.3. The van der Waals surface area contributed by atoms with E-state index in [0.717, 1.165) is 5.56 Å². The van der Waals surface area contributed by atoms with Crippen LogP contribution in [-0.2, 0) is 16.1 Å². The van der Waals surface area contributed by atoms with Crippen molar-refractivity contribution in [3.05, 3.63) is 81.2 Å². The fourth-order valence-corrected chi connectivity index (χ4v) is 4.25. The first-order valence-corrected chi connectivity index (χ1v) is 10.4. The molecule has 1 atom stereocenters. The first kappa shape index (κ1) is 21.7. The maximum absolute atomic E-state index is 13.1. The molecule has 0 saturated heterocycles. The van der Waals surface area contributed by atoms with Gasteiger partial charge >= 0.3 is 0 Å². The van der Waals surface area contributed by atoms with Gasteiger partial charge in [-0.3, -0.25) is 4.79 Å². The number of allylic oxidation sites excluding steroid dienone is 3. The van der Waals surface area contributed by atoms with Crippen LogP contribution in [0.2, 0.25) is 5.02 Å². The Morgan fingerprint density at radius 3 is 2.72 bits per heavy atom. The molecular weight excluding hydrogens is 435 g/mol. The lowest BCUT2D eigenvalue weighted by molar-refractivity contribution is -0.116. The number of carbonyl (C=O) groups is 1. The third kappa shape index (κ3) is 4.02. The number of benzene rings is 2. The van der Waals surface area contributed by atoms with Crippen LogP contribution < -0.4 is 15.2 Å². The molecule has 164 valence electrons. The first-order chi connectivity index (χ1) is 15.4. The number of hydrogen-bond donors (Lipinski definition) is 1. The standard InChI is InChI=1S/C24H20ClFN2O4/c1-30-20-10-14(9-17(25)23(20)31-12-13-5-7-15(26)8-6-13)21-16(11-27)24(28)32-19-4-2-3-18(29)22(19)21/h5-10,21H,2-4,12,28H2,1H3/t21-/m0/s1. The number of carbonyl (C=O) groups excluding carboxylic acids is 1. The van der Waals surface area contributed by atoms with Crippen LogP contribution in [0, 0.1) is 17.1 Å². The number of Topliss-reactive ketones (excluding diaryl/α,β-unsaturated/α-hetero) is 1. The van der Waals surface area contributed by atoms with E-state index >= 15 is 0 Å². The Kier molecular flexibility index (Phi) is 6.06. The molecule has 1 aliphatic carbocycles. The van der Waals surface area contributed by atoms with Gasteiger partial charge in [-0.15, -0.1) is 0 Å². The molecule has 6 nitrogen and oxygen atoms in total. The molecule has 0 saturated carbocycles. The molecule has 2 aromatic carbocycles. The average Bonchev–Trinajstić information content (AvgIpc) is 2.78. The first-order valence-electron chi connectivity index (χ1n) is 10.0. The summed E-state index contributed by atoms with van der Waals surface area (Å²) in [7, 11) is 1.47. The van der Waals surface area contributed by atoms with Crippen molar-refractivity contribution >= 4 is 17.4 Å². The normalized spacial score (nSPS) is 18.1. The number of halogens is 2. The zero-order valence-corrected chi connectivity index (χ0v) is 18.0. The van der Waals surface area contributed by atoms with E-state index < -0.39 is 5.92 Å². The Morgan fingerprint density at radius 2 is 2.03 bits per heavy atom. The van der Waals surface area contributed by atoms with Crippen molar-refractivity contribution in [1.82, 2.24) is 0 Å². The van der Waals surface area contributed by atoms with Crippen LogP contribution in [-0.4, -0.2) is 12.9 Å². The van der Waals surface area contributed by atoms with Gasteiger partial charge in [-0.1, -0.05) is 23.7 Å². The fraction of sp³-hybridized carbons (Fsp3) is 0.250. The molecule has 1 aliphatic heterocycles. The second-order valence-corrected chi connectivity index (χ2v) is 7.89. The zero-order valence-electron chi connectivity index (χ0n) is 17.3. The molecule has 2 aliphatic rings. The van der Waals surface area contributed by atoms with Gasteiger partial charge in [0, 0.05) is 18.4 Å². The molecule has 0 aromatic heterocycles. The van der Waals surface area contributed by atoms with Gasteiger partial charge in [0.1, 0.15) is 29.8 Å². The highest BCUT2D eigenvalue weighted by molar-refractivity contribution is 6.32. The van der Waals surface area contributed by atoms with Crippen LogP contribution in [0.5, 0.6) is 11.5 Å². The molecule has 2 N–H and O–H groups in total. The Labute approximate surface area is 189 Å². The smallest absolute Gasteiger partial charge is 0.205 e. The van der Waals surface area contributed by atoms with Crippen LogP contribution >= 0.6 is 11.6 Å². The number of ketones is 1. The van der Waals surface area contributed by atoms with Crippen LogP contribution in [0.3, 0.4) is 0 Å². The van der Waals surface area contributed by atoms with E-state index in [9.17, 15) is 14.4 Å². The number of nitriles is 1. The van der Waals surface area contributed by atoms with Gasteiger partial charge in [0.15, 0.2) is 17.3 Å². The number of methoxy groups -OCH3 is 1. The van der Waals surface area contributed by atoms with Gasteiger partial charge in [0.05, 0.1) is 18.1 Å². The van der Waals surface area contributed by atoms with Crippen molar-refractivity contribution in [1.29, 1.82) is 5.26 Å². The molecule has 0 unspecified atom stereocenters. The van der Waals surface area contributed by atoms with Gasteiger partial charge in [0.25, 0.3) is 0 Å². The number of nitrogens with zero attached hydrogens (tertiary/aromatic N) is 1. The number of nitrogens with two attached hydrogens (primary N) is 1. The van der Waals surface area contributed by atoms with Crippen molar-refractivity contribution in [2.45, 2.75) is 31.8 Å². The Hall–Kier alpha value is -3.50. The minimum Gasteiger partial charge on any atom is -0.493 e. The highest BCUT2D eigenvalue weighted by Crippen LogP contribution is 2.47. The highest BCUT2D eigenvalue weighted by Gasteiger charge is 2.38. The molecule has 0 radical (unpaired) electrons. The lowest BCUT2D eigenvalue weighted by Gasteiger charge is -2.31. The van der Waals surface area contributed by atoms with Crippen molar-refractivity contribution in [2.24, 2.45) is 5.73 Å². The molecule has 1 heterocycles. The summed E-state index contributed by atoms with van der Waals surface area (Å²) in [5.74, 6) is -0.00230. The van der Waals surface area contributed by atoms with Gasteiger partial charge in [-0.2, -0.15) is 5.26 Å². The van der Waals surface area contributed by atoms with Crippen LogP contribution in [0.4, 0.5) is 4.39 Å². The third-order valence-corrected chi connectivity index (χ3v) is 5.77. The highest BCUT2D eigenvalue weighted by atomic mass is 35.5. The second kappa shape index (κ2) is 8.93. The minimum absolute atomic E-state index is 0.0160. The minimum atomic E-state index is -0.700. The summed E-state index contributed by atoms with van der Waals surface area (Å²) >= 11 is 6.54. The second-order valence-electron chi connectivity index (χ2n) is 7.49. The largest absolute Gasteiger partial charge is 0.493 e. The fourth-order valence-electron chi connectivity index (χ4n) is 3.97. The van der Waals surface area contributed by atoms with Gasteiger partial charge in [-0.05, 0) is 41.8 Å². The topological polar surface area (TPSA) is 94.6 Å². The van der Waals surface area contributed by atoms with Gasteiger partial charge < -0.3 is 19.9 Å². The van der Waals surface area contributed by atoms with Crippen molar-refractivity contribution in [2.75, 3.05) is 7.11 Å². The number of ether oxygens (including phenoxy) is 3. The predicted molar refractivity (Wildman–Crippen MR) is 115 cm³/mol. The van der Waals surface area contributed by atoms with Crippen molar-refractivity contribution in [3.8, 4) is 17.6 Å². The average molecular weight is 455 g/mol. The van der Waals surface area contributed by atoms with Crippen LogP contribution in [0.25, 0.3) is 0 Å². The molecule has 0 spiro atoms. The summed E-state index contributed by atoms with van der Waals surface area (Å²) in [6.45, 7) is 0.150. The molecule has 0 amide bonds. The SMILES string of the molecule is COc1cc([C@H]2C(C#N)=C(N)OC3=C2C(=O)CCC3)cc(Cl)c1OCc1ccc(F)cc1. The van der Waals surface area contributed by atoms with E-state index in [0.29, 0.717) is 47.7 Å². The Bertz CT molecular complexity index is 1180. The van der Waals surface area contributed by atoms with E-state index in [1.807, 2.05) is 0 Å².